The lowest BCUT2D eigenvalue weighted by Gasteiger charge is -2.09. The third-order valence-corrected chi connectivity index (χ3v) is 1.94. The van der Waals surface area contributed by atoms with Crippen LogP contribution in [-0.4, -0.2) is 23.6 Å². The average Bonchev–Trinajstić information content (AvgIpc) is 2.12. The van der Waals surface area contributed by atoms with E-state index in [1.54, 1.807) is 0 Å². The number of rotatable bonds is 4. The number of anilines is 1. The van der Waals surface area contributed by atoms with Crippen LogP contribution in [0.2, 0.25) is 0 Å². The maximum atomic E-state index is 12.7. The molecule has 0 fully saturated rings. The third-order valence-electron chi connectivity index (χ3n) is 1.58. The van der Waals surface area contributed by atoms with Crippen molar-refractivity contribution >= 4 is 17.3 Å². The lowest BCUT2D eigenvalue weighted by Crippen LogP contribution is -2.20. The second kappa shape index (κ2) is 5.12. The number of benzene rings is 1. The topological polar surface area (TPSA) is 32.3 Å². The number of aliphatic hydroxyl groups excluding tert-OH is 1. The molecule has 0 aliphatic rings. The minimum absolute atomic E-state index is 0.0742. The molecule has 2 N–H and O–H groups in total. The highest BCUT2D eigenvalue weighted by Crippen LogP contribution is 2.12. The maximum absolute atomic E-state index is 12.7. The molecule has 0 amide bonds. The minimum atomic E-state index is -0.733. The summed E-state index contributed by atoms with van der Waals surface area (Å²) in [4.78, 5) is 0. The average molecular weight is 222 g/mol. The molecule has 0 saturated carbocycles. The van der Waals surface area contributed by atoms with Crippen molar-refractivity contribution in [3.8, 4) is 0 Å². The van der Waals surface area contributed by atoms with E-state index in [0.29, 0.717) is 0 Å². The zero-order valence-electron chi connectivity index (χ0n) is 7.30. The van der Waals surface area contributed by atoms with Gasteiger partial charge in [-0.15, -0.1) is 11.6 Å². The second-order valence-corrected chi connectivity index (χ2v) is 3.16. The summed E-state index contributed by atoms with van der Waals surface area (Å²) in [5, 5.41) is 11.7. The van der Waals surface area contributed by atoms with Crippen LogP contribution in [0, 0.1) is 11.6 Å². The van der Waals surface area contributed by atoms with Crippen LogP contribution >= 0.6 is 11.6 Å². The van der Waals surface area contributed by atoms with Gasteiger partial charge in [0, 0.05) is 18.3 Å². The lowest BCUT2D eigenvalue weighted by atomic mass is 10.3. The van der Waals surface area contributed by atoms with Gasteiger partial charge in [0.2, 0.25) is 0 Å². The van der Waals surface area contributed by atoms with Crippen molar-refractivity contribution < 1.29 is 13.9 Å². The Kier molecular flexibility index (Phi) is 4.10. The summed E-state index contributed by atoms with van der Waals surface area (Å²) in [5.41, 5.74) is 0.284. The molecule has 0 heterocycles. The van der Waals surface area contributed by atoms with Gasteiger partial charge in [-0.1, -0.05) is 0 Å². The number of aliphatic hydroxyl groups is 1. The quantitative estimate of drug-likeness (QED) is 0.762. The molecular weight excluding hydrogens is 212 g/mol. The molecule has 5 heteroatoms. The smallest absolute Gasteiger partial charge is 0.128 e. The summed E-state index contributed by atoms with van der Waals surface area (Å²) < 4.78 is 25.3. The van der Waals surface area contributed by atoms with E-state index < -0.39 is 17.7 Å². The largest absolute Gasteiger partial charge is 0.390 e. The van der Waals surface area contributed by atoms with Gasteiger partial charge in [0.05, 0.1) is 12.0 Å². The van der Waals surface area contributed by atoms with Gasteiger partial charge in [-0.2, -0.15) is 0 Å². The first-order valence-corrected chi connectivity index (χ1v) is 4.59. The monoisotopic (exact) mass is 221 g/mol. The van der Waals surface area contributed by atoms with E-state index >= 15 is 0 Å². The van der Waals surface area contributed by atoms with E-state index in [1.807, 2.05) is 0 Å². The van der Waals surface area contributed by atoms with Gasteiger partial charge in [-0.25, -0.2) is 8.78 Å². The molecule has 1 atom stereocenters. The Hall–Kier alpha value is -0.870. The van der Waals surface area contributed by atoms with Crippen LogP contribution < -0.4 is 5.32 Å². The van der Waals surface area contributed by atoms with Gasteiger partial charge < -0.3 is 10.4 Å². The van der Waals surface area contributed by atoms with E-state index in [2.05, 4.69) is 5.32 Å². The predicted octanol–water partition coefficient (Wildman–Crippen LogP) is 1.98. The maximum Gasteiger partial charge on any atom is 0.128 e. The predicted molar refractivity (Wildman–Crippen MR) is 51.6 cm³/mol. The van der Waals surface area contributed by atoms with Crippen LogP contribution in [0.1, 0.15) is 0 Å². The van der Waals surface area contributed by atoms with Crippen LogP contribution in [0.4, 0.5) is 14.5 Å². The van der Waals surface area contributed by atoms with Crippen LogP contribution in [0.5, 0.6) is 0 Å². The molecule has 1 unspecified atom stereocenters. The highest BCUT2D eigenvalue weighted by Gasteiger charge is 2.03. The van der Waals surface area contributed by atoms with Crippen molar-refractivity contribution in [3.05, 3.63) is 29.8 Å². The molecular formula is C9H10ClF2NO. The van der Waals surface area contributed by atoms with E-state index in [4.69, 9.17) is 16.7 Å². The van der Waals surface area contributed by atoms with E-state index in [1.165, 1.54) is 0 Å². The molecule has 78 valence electrons. The highest BCUT2D eigenvalue weighted by atomic mass is 35.5. The summed E-state index contributed by atoms with van der Waals surface area (Å²) in [6, 6.07) is 3.07. The third kappa shape index (κ3) is 3.47. The van der Waals surface area contributed by atoms with Crippen molar-refractivity contribution in [1.82, 2.24) is 0 Å². The van der Waals surface area contributed by atoms with Crippen molar-refractivity contribution in [2.45, 2.75) is 6.10 Å². The Balaban J connectivity index is 2.58. The minimum Gasteiger partial charge on any atom is -0.390 e. The van der Waals surface area contributed by atoms with Crippen LogP contribution in [0.3, 0.4) is 0 Å². The molecule has 1 rings (SSSR count). The molecule has 0 spiro atoms. The molecule has 0 aliphatic heterocycles. The fourth-order valence-corrected chi connectivity index (χ4v) is 1.06. The first kappa shape index (κ1) is 11.2. The fraction of sp³-hybridized carbons (Fsp3) is 0.333. The van der Waals surface area contributed by atoms with E-state index in [0.717, 1.165) is 18.2 Å². The lowest BCUT2D eigenvalue weighted by molar-refractivity contribution is 0.211. The molecule has 0 saturated heterocycles. The highest BCUT2D eigenvalue weighted by molar-refractivity contribution is 6.18. The SMILES string of the molecule is OC(CCl)CNc1cc(F)cc(F)c1. The molecule has 14 heavy (non-hydrogen) atoms. The normalized spacial score (nSPS) is 12.6. The van der Waals surface area contributed by atoms with Gasteiger partial charge in [-0.05, 0) is 12.1 Å². The summed E-state index contributed by atoms with van der Waals surface area (Å²) in [7, 11) is 0. The first-order valence-electron chi connectivity index (χ1n) is 4.06. The van der Waals surface area contributed by atoms with Crippen LogP contribution in [0.15, 0.2) is 18.2 Å². The molecule has 0 bridgehead atoms. The standard InChI is InChI=1S/C9H10ClF2NO/c10-4-9(14)5-13-8-2-6(11)1-7(12)3-8/h1-3,9,13-14H,4-5H2. The Morgan fingerprint density at radius 1 is 1.29 bits per heavy atom. The van der Waals surface area contributed by atoms with Gasteiger partial charge in [0.1, 0.15) is 11.6 Å². The Morgan fingerprint density at radius 3 is 2.36 bits per heavy atom. The zero-order valence-corrected chi connectivity index (χ0v) is 8.06. The van der Waals surface area contributed by atoms with Crippen LogP contribution in [0.25, 0.3) is 0 Å². The van der Waals surface area contributed by atoms with Crippen molar-refractivity contribution in [2.75, 3.05) is 17.7 Å². The van der Waals surface area contributed by atoms with Crippen molar-refractivity contribution in [1.29, 1.82) is 0 Å². The van der Waals surface area contributed by atoms with Gasteiger partial charge >= 0.3 is 0 Å². The van der Waals surface area contributed by atoms with Gasteiger partial charge in [0.25, 0.3) is 0 Å². The number of nitrogens with one attached hydrogen (secondary N) is 1. The Morgan fingerprint density at radius 2 is 1.86 bits per heavy atom. The Labute approximate surface area is 85.5 Å². The summed E-state index contributed by atoms with van der Waals surface area (Å²) in [6.07, 6.45) is -0.733. The number of halogens is 3. The number of hydrogen-bond acceptors (Lipinski definition) is 2. The van der Waals surface area contributed by atoms with E-state index in [9.17, 15) is 8.78 Å². The molecule has 1 aromatic rings. The summed E-state index contributed by atoms with van der Waals surface area (Å²) >= 11 is 5.34. The van der Waals surface area contributed by atoms with E-state index in [-0.39, 0.29) is 18.1 Å². The molecule has 2 nitrogen and oxygen atoms in total. The first-order chi connectivity index (χ1) is 6.61. The molecule has 1 aromatic carbocycles. The van der Waals surface area contributed by atoms with Crippen molar-refractivity contribution in [3.63, 3.8) is 0 Å². The zero-order chi connectivity index (χ0) is 10.6. The summed E-state index contributed by atoms with van der Waals surface area (Å²) in [5.74, 6) is -1.24. The fourth-order valence-electron chi connectivity index (χ4n) is 0.946. The van der Waals surface area contributed by atoms with Crippen LogP contribution in [-0.2, 0) is 0 Å². The summed E-state index contributed by atoms with van der Waals surface area (Å²) in [6.45, 7) is 0.159. The van der Waals surface area contributed by atoms with Gasteiger partial charge in [-0.3, -0.25) is 0 Å². The molecule has 0 aromatic heterocycles. The number of alkyl halides is 1. The number of hydrogen-bond donors (Lipinski definition) is 2. The molecule has 0 aliphatic carbocycles. The second-order valence-electron chi connectivity index (χ2n) is 2.85. The van der Waals surface area contributed by atoms with Gasteiger partial charge in [0.15, 0.2) is 0 Å². The van der Waals surface area contributed by atoms with Crippen molar-refractivity contribution in [2.24, 2.45) is 0 Å². The Bertz CT molecular complexity index is 289. The molecule has 0 radical (unpaired) electrons.